The topological polar surface area (TPSA) is 117 Å². The summed E-state index contributed by atoms with van der Waals surface area (Å²) in [5, 5.41) is 24.1. The van der Waals surface area contributed by atoms with Gasteiger partial charge >= 0.3 is 12.2 Å². The number of carbonyl (C=O) groups is 2. The Morgan fingerprint density at radius 1 is 1.10 bits per heavy atom. The Bertz CT molecular complexity index is 995. The molecule has 11 heteroatoms. The zero-order chi connectivity index (χ0) is 23.0. The normalized spacial score (nSPS) is 23.5. The van der Waals surface area contributed by atoms with Crippen LogP contribution in [-0.4, -0.2) is 48.1 Å². The van der Waals surface area contributed by atoms with Crippen LogP contribution in [-0.2, 0) is 0 Å². The second kappa shape index (κ2) is 7.99. The van der Waals surface area contributed by atoms with E-state index in [1.54, 1.807) is 0 Å². The van der Waals surface area contributed by atoms with Crippen molar-refractivity contribution in [2.75, 3.05) is 14.2 Å². The summed E-state index contributed by atoms with van der Waals surface area (Å²) in [5.41, 5.74) is -3.98. The minimum atomic E-state index is -5.38. The molecule has 0 radical (unpaired) electrons. The van der Waals surface area contributed by atoms with Gasteiger partial charge in [-0.3, -0.25) is 4.79 Å². The van der Waals surface area contributed by atoms with Crippen molar-refractivity contribution in [1.29, 1.82) is 0 Å². The van der Waals surface area contributed by atoms with Gasteiger partial charge in [0.1, 0.15) is 11.7 Å². The highest BCUT2D eigenvalue weighted by atomic mass is 19.4. The first-order chi connectivity index (χ1) is 14.5. The second-order valence-corrected chi connectivity index (χ2v) is 6.84. The fraction of sp³-hybridized carbons (Fsp3) is 0.300. The number of phenols is 1. The summed E-state index contributed by atoms with van der Waals surface area (Å²) in [5.74, 6) is -3.29. The standard InChI is InChI=1S/C20H19F3N2O6/c1-30-12-6-3-10(4-7-12)17(27)15-16(11-5-8-13(26)14(9-11)31-2)24-18(28)25-19(15,29)20(21,22)23/h3-9,15-16,26,29H,1-2H3,(H2,24,25,28)/t15-,16+,19-/m0/s1. The van der Waals surface area contributed by atoms with Crippen LogP contribution in [0.3, 0.4) is 0 Å². The highest BCUT2D eigenvalue weighted by Gasteiger charge is 2.66. The molecule has 0 aliphatic carbocycles. The Hall–Kier alpha value is -3.47. The number of rotatable bonds is 5. The third-order valence-corrected chi connectivity index (χ3v) is 5.03. The molecule has 4 N–H and O–H groups in total. The van der Waals surface area contributed by atoms with Crippen molar-refractivity contribution < 1.29 is 42.4 Å². The van der Waals surface area contributed by atoms with Gasteiger partial charge in [0.2, 0.25) is 5.72 Å². The predicted molar refractivity (Wildman–Crippen MR) is 101 cm³/mol. The molecule has 0 bridgehead atoms. The largest absolute Gasteiger partial charge is 0.504 e. The fourth-order valence-electron chi connectivity index (χ4n) is 3.44. The lowest BCUT2D eigenvalue weighted by molar-refractivity contribution is -0.287. The summed E-state index contributed by atoms with van der Waals surface area (Å²) < 4.78 is 51.7. The summed E-state index contributed by atoms with van der Waals surface area (Å²) in [7, 11) is 2.61. The zero-order valence-corrected chi connectivity index (χ0v) is 16.4. The van der Waals surface area contributed by atoms with Crippen LogP contribution in [0.2, 0.25) is 0 Å². The summed E-state index contributed by atoms with van der Waals surface area (Å²) in [6.07, 6.45) is -5.38. The van der Waals surface area contributed by atoms with E-state index in [2.05, 4.69) is 5.32 Å². The number of benzene rings is 2. The summed E-state index contributed by atoms with van der Waals surface area (Å²) >= 11 is 0. The number of aromatic hydroxyl groups is 1. The highest BCUT2D eigenvalue weighted by Crippen LogP contribution is 2.45. The van der Waals surface area contributed by atoms with Crippen LogP contribution in [0, 0.1) is 5.92 Å². The number of halogens is 3. The molecule has 1 fully saturated rings. The number of nitrogens with one attached hydrogen (secondary N) is 2. The molecule has 1 aliphatic rings. The van der Waals surface area contributed by atoms with Gasteiger partial charge in [-0.05, 0) is 42.0 Å². The van der Waals surface area contributed by atoms with E-state index in [1.807, 2.05) is 0 Å². The fourth-order valence-corrected chi connectivity index (χ4v) is 3.44. The van der Waals surface area contributed by atoms with Crippen molar-refractivity contribution in [2.45, 2.75) is 17.9 Å². The number of carbonyl (C=O) groups excluding carboxylic acids is 2. The summed E-state index contributed by atoms with van der Waals surface area (Å²) in [6, 6.07) is 5.90. The van der Waals surface area contributed by atoms with Crippen LogP contribution in [0.15, 0.2) is 42.5 Å². The smallest absolute Gasteiger partial charge is 0.437 e. The Balaban J connectivity index is 2.16. The number of hydrogen-bond donors (Lipinski definition) is 4. The van der Waals surface area contributed by atoms with E-state index in [0.717, 1.165) is 6.07 Å². The lowest BCUT2D eigenvalue weighted by Gasteiger charge is -2.45. The Morgan fingerprint density at radius 2 is 1.74 bits per heavy atom. The molecular formula is C20H19F3N2O6. The quantitative estimate of drug-likeness (QED) is 0.531. The molecule has 1 saturated heterocycles. The first kappa shape index (κ1) is 22.2. The number of ketones is 1. The predicted octanol–water partition coefficient (Wildman–Crippen LogP) is 2.51. The van der Waals surface area contributed by atoms with Gasteiger partial charge in [-0.2, -0.15) is 13.2 Å². The highest BCUT2D eigenvalue weighted by molar-refractivity contribution is 6.00. The van der Waals surface area contributed by atoms with Crippen LogP contribution >= 0.6 is 0 Å². The van der Waals surface area contributed by atoms with E-state index in [-0.39, 0.29) is 22.6 Å². The molecule has 3 atom stereocenters. The number of methoxy groups -OCH3 is 2. The molecule has 2 aromatic rings. The molecule has 0 spiro atoms. The molecule has 1 aliphatic heterocycles. The van der Waals surface area contributed by atoms with Crippen molar-refractivity contribution in [3.05, 3.63) is 53.6 Å². The van der Waals surface area contributed by atoms with Gasteiger partial charge in [-0.1, -0.05) is 6.07 Å². The van der Waals surface area contributed by atoms with E-state index < -0.39 is 35.7 Å². The molecule has 0 saturated carbocycles. The van der Waals surface area contributed by atoms with Crippen molar-refractivity contribution in [3.63, 3.8) is 0 Å². The number of phenolic OH excluding ortho intramolecular Hbond substituents is 1. The lowest BCUT2D eigenvalue weighted by Crippen LogP contribution is -2.72. The molecule has 0 unspecified atom stereocenters. The van der Waals surface area contributed by atoms with Gasteiger partial charge in [0.05, 0.1) is 20.3 Å². The Labute approximate surface area is 174 Å². The Morgan fingerprint density at radius 3 is 2.29 bits per heavy atom. The number of aliphatic hydroxyl groups is 1. The molecule has 3 rings (SSSR count). The van der Waals surface area contributed by atoms with Gasteiger partial charge in [0, 0.05) is 5.56 Å². The molecule has 166 valence electrons. The zero-order valence-electron chi connectivity index (χ0n) is 16.4. The van der Waals surface area contributed by atoms with Crippen LogP contribution in [0.4, 0.5) is 18.0 Å². The number of ether oxygens (including phenoxy) is 2. The van der Waals surface area contributed by atoms with Crippen LogP contribution in [0.1, 0.15) is 22.0 Å². The van der Waals surface area contributed by atoms with Gasteiger partial charge in [0.15, 0.2) is 17.3 Å². The third-order valence-electron chi connectivity index (χ3n) is 5.03. The number of hydrogen-bond acceptors (Lipinski definition) is 6. The van der Waals surface area contributed by atoms with E-state index in [1.165, 1.54) is 55.9 Å². The van der Waals surface area contributed by atoms with E-state index >= 15 is 0 Å². The molecule has 31 heavy (non-hydrogen) atoms. The van der Waals surface area contributed by atoms with Crippen LogP contribution in [0.25, 0.3) is 0 Å². The Kier molecular flexibility index (Phi) is 5.72. The number of amides is 2. The lowest BCUT2D eigenvalue weighted by atomic mass is 9.77. The monoisotopic (exact) mass is 440 g/mol. The first-order valence-corrected chi connectivity index (χ1v) is 8.94. The van der Waals surface area contributed by atoms with Gasteiger partial charge in [0.25, 0.3) is 0 Å². The summed E-state index contributed by atoms with van der Waals surface area (Å²) in [6.45, 7) is 0. The molecular weight excluding hydrogens is 421 g/mol. The average molecular weight is 440 g/mol. The maximum Gasteiger partial charge on any atom is 0.437 e. The number of Topliss-reactive ketones (excluding diaryl/α,β-unsaturated/α-hetero) is 1. The SMILES string of the molecule is COc1ccc(C(=O)[C@@H]2[C@@H](c3ccc(O)c(OC)c3)NC(=O)N[C@@]2(O)C(F)(F)F)cc1. The summed E-state index contributed by atoms with van der Waals surface area (Å²) in [4.78, 5) is 25.2. The molecule has 2 amide bonds. The van der Waals surface area contributed by atoms with E-state index in [9.17, 15) is 33.0 Å². The minimum absolute atomic E-state index is 0.0130. The van der Waals surface area contributed by atoms with Crippen molar-refractivity contribution in [3.8, 4) is 17.2 Å². The number of alkyl halides is 3. The van der Waals surface area contributed by atoms with Crippen LogP contribution < -0.4 is 20.1 Å². The molecule has 2 aromatic carbocycles. The van der Waals surface area contributed by atoms with Gasteiger partial charge in [-0.25, -0.2) is 4.79 Å². The van der Waals surface area contributed by atoms with Crippen molar-refractivity contribution in [2.24, 2.45) is 5.92 Å². The maximum atomic E-state index is 13.9. The first-order valence-electron chi connectivity index (χ1n) is 8.94. The maximum absolute atomic E-state index is 13.9. The van der Waals surface area contributed by atoms with Crippen molar-refractivity contribution >= 4 is 11.8 Å². The van der Waals surface area contributed by atoms with Crippen LogP contribution in [0.5, 0.6) is 17.2 Å². The van der Waals surface area contributed by atoms with Gasteiger partial charge in [-0.15, -0.1) is 0 Å². The van der Waals surface area contributed by atoms with Crippen molar-refractivity contribution in [1.82, 2.24) is 10.6 Å². The minimum Gasteiger partial charge on any atom is -0.504 e. The third kappa shape index (κ3) is 3.96. The number of urea groups is 1. The van der Waals surface area contributed by atoms with E-state index in [0.29, 0.717) is 5.75 Å². The average Bonchev–Trinajstić information content (AvgIpc) is 2.72. The van der Waals surface area contributed by atoms with Gasteiger partial charge < -0.3 is 30.3 Å². The molecule has 8 nitrogen and oxygen atoms in total. The molecule has 0 aromatic heterocycles. The second-order valence-electron chi connectivity index (χ2n) is 6.84. The molecule has 1 heterocycles. The van der Waals surface area contributed by atoms with E-state index in [4.69, 9.17) is 9.47 Å².